The molecule has 82 valence electrons. The van der Waals surface area contributed by atoms with Crippen LogP contribution in [0.1, 0.15) is 26.7 Å². The van der Waals surface area contributed by atoms with Crippen LogP contribution in [0.25, 0.3) is 0 Å². The first-order valence-electron chi connectivity index (χ1n) is 5.31. The van der Waals surface area contributed by atoms with Crippen molar-refractivity contribution < 1.29 is 9.90 Å². The summed E-state index contributed by atoms with van der Waals surface area (Å²) in [6.45, 7) is 5.94. The van der Waals surface area contributed by atoms with E-state index in [1.165, 1.54) is 0 Å². The number of hydrogen-bond donors (Lipinski definition) is 2. The molecule has 0 aromatic heterocycles. The molecule has 0 atom stereocenters. The molecule has 1 rings (SSSR count). The van der Waals surface area contributed by atoms with E-state index in [1.54, 1.807) is 4.90 Å². The molecule has 4 heteroatoms. The summed E-state index contributed by atoms with van der Waals surface area (Å²) in [6.07, 6.45) is 1.96. The predicted molar refractivity (Wildman–Crippen MR) is 55.0 cm³/mol. The van der Waals surface area contributed by atoms with Gasteiger partial charge in [-0.15, -0.1) is 0 Å². The summed E-state index contributed by atoms with van der Waals surface area (Å²) in [4.78, 5) is 13.4. The molecule has 0 unspecified atom stereocenters. The smallest absolute Gasteiger partial charge is 0.236 e. The molecule has 0 radical (unpaired) electrons. The summed E-state index contributed by atoms with van der Waals surface area (Å²) in [5.74, 6) is 0.120. The predicted octanol–water partition coefficient (Wildman–Crippen LogP) is -0.0307. The number of carbonyl (C=O) groups is 1. The van der Waals surface area contributed by atoms with Crippen molar-refractivity contribution in [1.29, 1.82) is 0 Å². The van der Waals surface area contributed by atoms with E-state index in [-0.39, 0.29) is 18.1 Å². The van der Waals surface area contributed by atoms with Crippen molar-refractivity contribution in [3.63, 3.8) is 0 Å². The fourth-order valence-corrected chi connectivity index (χ4v) is 1.49. The molecule has 1 saturated carbocycles. The number of rotatable bonds is 6. The highest BCUT2D eigenvalue weighted by Crippen LogP contribution is 2.34. The van der Waals surface area contributed by atoms with Crippen molar-refractivity contribution in [2.45, 2.75) is 32.2 Å². The monoisotopic (exact) mass is 200 g/mol. The van der Waals surface area contributed by atoms with E-state index < -0.39 is 0 Å². The van der Waals surface area contributed by atoms with Gasteiger partial charge in [0.25, 0.3) is 0 Å². The van der Waals surface area contributed by atoms with Gasteiger partial charge in [-0.05, 0) is 26.7 Å². The number of nitrogens with zero attached hydrogens (tertiary/aromatic N) is 1. The maximum atomic E-state index is 11.6. The van der Waals surface area contributed by atoms with Crippen LogP contribution in [0.3, 0.4) is 0 Å². The Balaban J connectivity index is 2.27. The molecule has 1 aliphatic rings. The Hall–Kier alpha value is -0.610. The van der Waals surface area contributed by atoms with Gasteiger partial charge in [0.15, 0.2) is 0 Å². The van der Waals surface area contributed by atoms with Gasteiger partial charge in [0.2, 0.25) is 5.91 Å². The minimum atomic E-state index is -0.136. The van der Waals surface area contributed by atoms with Crippen LogP contribution in [0.5, 0.6) is 0 Å². The summed E-state index contributed by atoms with van der Waals surface area (Å²) in [5, 5.41) is 12.2. The fraction of sp³-hybridized carbons (Fsp3) is 0.900. The van der Waals surface area contributed by atoms with Gasteiger partial charge in [0, 0.05) is 18.6 Å². The van der Waals surface area contributed by atoms with Gasteiger partial charge in [0.05, 0.1) is 13.2 Å². The lowest BCUT2D eigenvalue weighted by Gasteiger charge is -2.21. The van der Waals surface area contributed by atoms with Gasteiger partial charge in [-0.3, -0.25) is 4.79 Å². The van der Waals surface area contributed by atoms with Gasteiger partial charge in [-0.25, -0.2) is 0 Å². The molecule has 0 saturated heterocycles. The lowest BCUT2D eigenvalue weighted by Crippen LogP contribution is -2.44. The third kappa shape index (κ3) is 2.69. The fourth-order valence-electron chi connectivity index (χ4n) is 1.49. The number of aliphatic hydroxyl groups is 1. The molecule has 14 heavy (non-hydrogen) atoms. The second kappa shape index (κ2) is 4.75. The summed E-state index contributed by atoms with van der Waals surface area (Å²) < 4.78 is 0. The van der Waals surface area contributed by atoms with Crippen LogP contribution in [0, 0.1) is 0 Å². The molecule has 4 nitrogen and oxygen atoms in total. The molecule has 0 bridgehead atoms. The highest BCUT2D eigenvalue weighted by Gasteiger charge is 2.41. The normalized spacial score (nSPS) is 17.9. The molecule has 0 aliphatic heterocycles. The standard InChI is InChI=1S/C10H20N2O2/c1-3-12(4-2)9(14)7-11-10(8-13)5-6-10/h11,13H,3-8H2,1-2H3. The molecule has 1 fully saturated rings. The summed E-state index contributed by atoms with van der Waals surface area (Å²) in [5.41, 5.74) is -0.136. The van der Waals surface area contributed by atoms with Gasteiger partial charge >= 0.3 is 0 Å². The molecule has 0 aromatic carbocycles. The Morgan fingerprint density at radius 3 is 2.36 bits per heavy atom. The Kier molecular flexibility index (Phi) is 3.89. The van der Waals surface area contributed by atoms with Crippen molar-refractivity contribution in [1.82, 2.24) is 10.2 Å². The zero-order chi connectivity index (χ0) is 10.6. The number of nitrogens with one attached hydrogen (secondary N) is 1. The zero-order valence-corrected chi connectivity index (χ0v) is 9.05. The van der Waals surface area contributed by atoms with E-state index in [9.17, 15) is 4.79 Å². The Bertz CT molecular complexity index is 198. The highest BCUT2D eigenvalue weighted by molar-refractivity contribution is 5.78. The molecule has 0 aromatic rings. The minimum absolute atomic E-state index is 0.120. The van der Waals surface area contributed by atoms with Crippen LogP contribution in [0.2, 0.25) is 0 Å². The molecule has 0 heterocycles. The third-order valence-electron chi connectivity index (χ3n) is 2.89. The first-order chi connectivity index (χ1) is 6.67. The SMILES string of the molecule is CCN(CC)C(=O)CNC1(CO)CC1. The molecule has 2 N–H and O–H groups in total. The van der Waals surface area contributed by atoms with Crippen LogP contribution >= 0.6 is 0 Å². The van der Waals surface area contributed by atoms with Gasteiger partial charge < -0.3 is 15.3 Å². The van der Waals surface area contributed by atoms with E-state index >= 15 is 0 Å². The van der Waals surface area contributed by atoms with Crippen LogP contribution in [0.15, 0.2) is 0 Å². The summed E-state index contributed by atoms with van der Waals surface area (Å²) in [7, 11) is 0. The third-order valence-corrected chi connectivity index (χ3v) is 2.89. The van der Waals surface area contributed by atoms with Crippen LogP contribution in [0.4, 0.5) is 0 Å². The first-order valence-corrected chi connectivity index (χ1v) is 5.31. The molecule has 1 aliphatic carbocycles. The summed E-state index contributed by atoms with van der Waals surface area (Å²) >= 11 is 0. The van der Waals surface area contributed by atoms with Crippen molar-refractivity contribution >= 4 is 5.91 Å². The van der Waals surface area contributed by atoms with Crippen LogP contribution < -0.4 is 5.32 Å². The first kappa shape index (κ1) is 11.5. The van der Waals surface area contributed by atoms with E-state index in [0.29, 0.717) is 6.54 Å². The Labute approximate surface area is 85.3 Å². The molecule has 0 spiro atoms. The van der Waals surface area contributed by atoms with Crippen molar-refractivity contribution in [3.05, 3.63) is 0 Å². The Morgan fingerprint density at radius 2 is 2.00 bits per heavy atom. The zero-order valence-electron chi connectivity index (χ0n) is 9.05. The Morgan fingerprint density at radius 1 is 1.43 bits per heavy atom. The number of hydrogen-bond acceptors (Lipinski definition) is 3. The van der Waals surface area contributed by atoms with E-state index in [4.69, 9.17) is 5.11 Å². The molecule has 1 amide bonds. The van der Waals surface area contributed by atoms with Crippen molar-refractivity contribution in [2.24, 2.45) is 0 Å². The minimum Gasteiger partial charge on any atom is -0.394 e. The highest BCUT2D eigenvalue weighted by atomic mass is 16.3. The number of carbonyl (C=O) groups excluding carboxylic acids is 1. The number of likely N-dealkylation sites (N-methyl/N-ethyl adjacent to an activating group) is 1. The van der Waals surface area contributed by atoms with Crippen molar-refractivity contribution in [2.75, 3.05) is 26.2 Å². The maximum absolute atomic E-state index is 11.6. The number of aliphatic hydroxyl groups excluding tert-OH is 1. The van der Waals surface area contributed by atoms with Crippen LogP contribution in [-0.4, -0.2) is 47.7 Å². The van der Waals surface area contributed by atoms with Crippen molar-refractivity contribution in [3.8, 4) is 0 Å². The average Bonchev–Trinajstić information content (AvgIpc) is 2.97. The lowest BCUT2D eigenvalue weighted by molar-refractivity contribution is -0.130. The average molecular weight is 200 g/mol. The molecular weight excluding hydrogens is 180 g/mol. The lowest BCUT2D eigenvalue weighted by atomic mass is 10.3. The van der Waals surface area contributed by atoms with Gasteiger partial charge in [-0.2, -0.15) is 0 Å². The van der Waals surface area contributed by atoms with E-state index in [2.05, 4.69) is 5.32 Å². The quantitative estimate of drug-likeness (QED) is 0.633. The number of amides is 1. The summed E-state index contributed by atoms with van der Waals surface area (Å²) in [6, 6.07) is 0. The maximum Gasteiger partial charge on any atom is 0.236 e. The van der Waals surface area contributed by atoms with Crippen LogP contribution in [-0.2, 0) is 4.79 Å². The van der Waals surface area contributed by atoms with E-state index in [1.807, 2.05) is 13.8 Å². The largest absolute Gasteiger partial charge is 0.394 e. The second-order valence-electron chi connectivity index (χ2n) is 3.86. The topological polar surface area (TPSA) is 52.6 Å². The van der Waals surface area contributed by atoms with Gasteiger partial charge in [-0.1, -0.05) is 0 Å². The second-order valence-corrected chi connectivity index (χ2v) is 3.86. The van der Waals surface area contributed by atoms with Gasteiger partial charge in [0.1, 0.15) is 0 Å². The van der Waals surface area contributed by atoms with E-state index in [0.717, 1.165) is 25.9 Å². The molecular formula is C10H20N2O2.